The van der Waals surface area contributed by atoms with Gasteiger partial charge in [-0.2, -0.15) is 0 Å². The molecule has 2 aromatic rings. The number of amides is 3. The normalized spacial score (nSPS) is 15.3. The lowest BCUT2D eigenvalue weighted by atomic mass is 10.1. The van der Waals surface area contributed by atoms with Crippen LogP contribution in [-0.2, 0) is 16.0 Å². The van der Waals surface area contributed by atoms with Crippen molar-refractivity contribution >= 4 is 28.4 Å². The fourth-order valence-electron chi connectivity index (χ4n) is 2.78. The number of benzene rings is 1. The van der Waals surface area contributed by atoms with Crippen molar-refractivity contribution in [2.75, 3.05) is 31.6 Å². The highest BCUT2D eigenvalue weighted by atomic mass is 32.1. The van der Waals surface area contributed by atoms with Crippen LogP contribution in [0.5, 0.6) is 0 Å². The largest absolute Gasteiger partial charge is 0.378 e. The van der Waals surface area contributed by atoms with Gasteiger partial charge >= 0.3 is 6.03 Å². The van der Waals surface area contributed by atoms with Gasteiger partial charge in [0.15, 0.2) is 0 Å². The van der Waals surface area contributed by atoms with E-state index in [1.807, 2.05) is 44.2 Å². The number of aromatic nitrogens is 2. The molecule has 9 heteroatoms. The molecule has 0 saturated carbocycles. The Morgan fingerprint density at radius 2 is 1.89 bits per heavy atom. The van der Waals surface area contributed by atoms with Gasteiger partial charge in [0, 0.05) is 25.4 Å². The molecule has 2 heterocycles. The van der Waals surface area contributed by atoms with E-state index in [-0.39, 0.29) is 17.9 Å². The van der Waals surface area contributed by atoms with Crippen LogP contribution in [0.15, 0.2) is 30.3 Å². The summed E-state index contributed by atoms with van der Waals surface area (Å²) in [6.45, 7) is 6.08. The van der Waals surface area contributed by atoms with E-state index >= 15 is 0 Å². The van der Waals surface area contributed by atoms with Crippen molar-refractivity contribution in [1.29, 1.82) is 0 Å². The monoisotopic (exact) mass is 403 g/mol. The van der Waals surface area contributed by atoms with Gasteiger partial charge in [0.05, 0.1) is 13.2 Å². The van der Waals surface area contributed by atoms with Crippen LogP contribution in [0.25, 0.3) is 0 Å². The fourth-order valence-corrected chi connectivity index (χ4v) is 3.53. The molecule has 1 aromatic carbocycles. The van der Waals surface area contributed by atoms with Crippen LogP contribution in [0.1, 0.15) is 30.3 Å². The van der Waals surface area contributed by atoms with Crippen LogP contribution in [0, 0.1) is 0 Å². The van der Waals surface area contributed by atoms with Gasteiger partial charge in [0.1, 0.15) is 11.0 Å². The van der Waals surface area contributed by atoms with Crippen molar-refractivity contribution in [3.05, 3.63) is 40.9 Å². The second-order valence-electron chi connectivity index (χ2n) is 6.88. The Morgan fingerprint density at radius 3 is 2.54 bits per heavy atom. The van der Waals surface area contributed by atoms with Gasteiger partial charge in [-0.15, -0.1) is 10.2 Å². The summed E-state index contributed by atoms with van der Waals surface area (Å²) >= 11 is 1.35. The van der Waals surface area contributed by atoms with Gasteiger partial charge in [-0.05, 0) is 5.56 Å². The van der Waals surface area contributed by atoms with E-state index in [9.17, 15) is 9.59 Å². The van der Waals surface area contributed by atoms with Crippen molar-refractivity contribution in [2.24, 2.45) is 0 Å². The Kier molecular flexibility index (Phi) is 6.94. The van der Waals surface area contributed by atoms with E-state index in [1.165, 1.54) is 11.3 Å². The lowest BCUT2D eigenvalue weighted by molar-refractivity contribution is -0.118. The summed E-state index contributed by atoms with van der Waals surface area (Å²) in [7, 11) is 0. The summed E-state index contributed by atoms with van der Waals surface area (Å²) in [5.41, 5.74) is 0.963. The predicted molar refractivity (Wildman–Crippen MR) is 107 cm³/mol. The first-order chi connectivity index (χ1) is 13.5. The second kappa shape index (κ2) is 9.61. The van der Waals surface area contributed by atoms with Gasteiger partial charge < -0.3 is 15.0 Å². The average Bonchev–Trinajstić information content (AvgIpc) is 3.17. The van der Waals surface area contributed by atoms with Crippen molar-refractivity contribution < 1.29 is 14.3 Å². The van der Waals surface area contributed by atoms with E-state index in [4.69, 9.17) is 4.74 Å². The molecule has 0 unspecified atom stereocenters. The lowest BCUT2D eigenvalue weighted by Gasteiger charge is -2.29. The van der Waals surface area contributed by atoms with E-state index < -0.39 is 6.04 Å². The van der Waals surface area contributed by atoms with Crippen molar-refractivity contribution in [1.82, 2.24) is 20.4 Å². The minimum atomic E-state index is -0.718. The molecular weight excluding hydrogens is 378 g/mol. The van der Waals surface area contributed by atoms with E-state index in [0.29, 0.717) is 37.9 Å². The molecule has 28 heavy (non-hydrogen) atoms. The number of rotatable bonds is 6. The Hall–Kier alpha value is -2.52. The Bertz CT molecular complexity index is 790. The fraction of sp³-hybridized carbons (Fsp3) is 0.474. The van der Waals surface area contributed by atoms with Crippen LogP contribution in [0.2, 0.25) is 0 Å². The first kappa shape index (κ1) is 20.2. The van der Waals surface area contributed by atoms with Gasteiger partial charge in [0.2, 0.25) is 11.0 Å². The summed E-state index contributed by atoms with van der Waals surface area (Å²) in [6.07, 6.45) is 0.387. The molecule has 150 valence electrons. The molecule has 2 N–H and O–H groups in total. The first-order valence-electron chi connectivity index (χ1n) is 9.34. The Labute approximate surface area is 168 Å². The maximum atomic E-state index is 12.9. The maximum Gasteiger partial charge on any atom is 0.318 e. The summed E-state index contributed by atoms with van der Waals surface area (Å²) in [5.74, 6) is -0.0683. The predicted octanol–water partition coefficient (Wildman–Crippen LogP) is 2.25. The highest BCUT2D eigenvalue weighted by Gasteiger charge is 2.26. The highest BCUT2D eigenvalue weighted by Crippen LogP contribution is 2.22. The van der Waals surface area contributed by atoms with Crippen LogP contribution in [0.4, 0.5) is 9.93 Å². The third-order valence-electron chi connectivity index (χ3n) is 4.36. The third kappa shape index (κ3) is 5.49. The molecule has 1 aliphatic rings. The smallest absolute Gasteiger partial charge is 0.318 e. The number of ether oxygens (including phenoxy) is 1. The van der Waals surface area contributed by atoms with Crippen LogP contribution >= 0.6 is 11.3 Å². The van der Waals surface area contributed by atoms with Crippen LogP contribution < -0.4 is 10.6 Å². The number of nitrogens with zero attached hydrogens (tertiary/aromatic N) is 3. The number of urea groups is 1. The zero-order chi connectivity index (χ0) is 19.9. The van der Waals surface area contributed by atoms with Gasteiger partial charge in [-0.1, -0.05) is 55.5 Å². The van der Waals surface area contributed by atoms with Crippen LogP contribution in [-0.4, -0.2) is 59.4 Å². The van der Waals surface area contributed by atoms with Crippen LogP contribution in [0.3, 0.4) is 0 Å². The molecule has 0 spiro atoms. The summed E-state index contributed by atoms with van der Waals surface area (Å²) in [6, 6.07) is 8.62. The van der Waals surface area contributed by atoms with Gasteiger partial charge in [0.25, 0.3) is 0 Å². The van der Waals surface area contributed by atoms with E-state index in [1.54, 1.807) is 4.90 Å². The number of carbonyl (C=O) groups is 2. The minimum absolute atomic E-state index is 0.240. The number of anilines is 1. The third-order valence-corrected chi connectivity index (χ3v) is 5.50. The van der Waals surface area contributed by atoms with Crippen molar-refractivity contribution in [3.63, 3.8) is 0 Å². The standard InChI is InChI=1S/C19H25N5O3S/c1-13(2)17-22-23-18(28-17)21-16(25)15(12-14-6-4-3-5-7-14)20-19(26)24-8-10-27-11-9-24/h3-7,13,15H,8-12H2,1-2H3,(H,20,26)(H,21,23,25)/t15-/m0/s1. The molecule has 1 aliphatic heterocycles. The quantitative estimate of drug-likeness (QED) is 0.771. The second-order valence-corrected chi connectivity index (χ2v) is 7.89. The molecule has 1 fully saturated rings. The number of hydrogen-bond acceptors (Lipinski definition) is 6. The first-order valence-corrected chi connectivity index (χ1v) is 10.2. The molecule has 8 nitrogen and oxygen atoms in total. The number of carbonyl (C=O) groups excluding carboxylic acids is 2. The minimum Gasteiger partial charge on any atom is -0.378 e. The van der Waals surface area contributed by atoms with Crippen molar-refractivity contribution in [3.8, 4) is 0 Å². The van der Waals surface area contributed by atoms with Gasteiger partial charge in [-0.3, -0.25) is 10.1 Å². The summed E-state index contributed by atoms with van der Waals surface area (Å²) < 4.78 is 5.28. The molecule has 3 amide bonds. The molecule has 1 aromatic heterocycles. The summed E-state index contributed by atoms with van der Waals surface area (Å²) in [5, 5.41) is 15.1. The maximum absolute atomic E-state index is 12.9. The molecular formula is C19H25N5O3S. The lowest BCUT2D eigenvalue weighted by Crippen LogP contribution is -2.53. The number of morpholine rings is 1. The molecule has 1 saturated heterocycles. The Morgan fingerprint density at radius 1 is 1.18 bits per heavy atom. The summed E-state index contributed by atoms with van der Waals surface area (Å²) in [4.78, 5) is 27.2. The molecule has 3 rings (SSSR count). The van der Waals surface area contributed by atoms with E-state index in [2.05, 4.69) is 20.8 Å². The SMILES string of the molecule is CC(C)c1nnc(NC(=O)[C@H](Cc2ccccc2)NC(=O)N2CCOCC2)s1. The zero-order valence-corrected chi connectivity index (χ0v) is 16.9. The highest BCUT2D eigenvalue weighted by molar-refractivity contribution is 7.15. The molecule has 0 aliphatic carbocycles. The van der Waals surface area contributed by atoms with E-state index in [0.717, 1.165) is 10.6 Å². The molecule has 0 bridgehead atoms. The number of nitrogens with one attached hydrogen (secondary N) is 2. The number of hydrogen-bond donors (Lipinski definition) is 2. The van der Waals surface area contributed by atoms with Gasteiger partial charge in [-0.25, -0.2) is 4.79 Å². The topological polar surface area (TPSA) is 96.4 Å². The average molecular weight is 404 g/mol. The Balaban J connectivity index is 1.70. The molecule has 0 radical (unpaired) electrons. The van der Waals surface area contributed by atoms with Crippen molar-refractivity contribution in [2.45, 2.75) is 32.2 Å². The molecule has 1 atom stereocenters. The zero-order valence-electron chi connectivity index (χ0n) is 16.1.